The highest BCUT2D eigenvalue weighted by Gasteiger charge is 2.18. The molecule has 0 aliphatic rings. The number of hydrogen-bond acceptors (Lipinski definition) is 5. The first-order valence-corrected chi connectivity index (χ1v) is 7.58. The number of nitrogens with two attached hydrogens (primary N) is 2. The summed E-state index contributed by atoms with van der Waals surface area (Å²) in [6, 6.07) is 11.2. The Morgan fingerprint density at radius 1 is 1.08 bits per heavy atom. The van der Waals surface area contributed by atoms with Crippen LogP contribution in [0.5, 0.6) is 0 Å². The lowest BCUT2D eigenvalue weighted by molar-refractivity contribution is 0.0996. The number of pyridine rings is 2. The third-order valence-corrected chi connectivity index (χ3v) is 4.02. The number of rotatable bonds is 3. The maximum absolute atomic E-state index is 11.8. The zero-order valence-corrected chi connectivity index (χ0v) is 13.1. The number of H-pyrrole nitrogens is 1. The normalized spacial score (nSPS) is 10.9. The number of benzene rings is 1. The molecule has 0 saturated heterocycles. The molecule has 0 fully saturated rings. The van der Waals surface area contributed by atoms with Gasteiger partial charge in [-0.2, -0.15) is 5.10 Å². The van der Waals surface area contributed by atoms with Crippen molar-refractivity contribution in [3.05, 3.63) is 60.7 Å². The summed E-state index contributed by atoms with van der Waals surface area (Å²) in [6.07, 6.45) is 5.06. The number of amides is 1. The van der Waals surface area contributed by atoms with E-state index in [0.717, 1.165) is 22.0 Å². The third-order valence-electron chi connectivity index (χ3n) is 4.02. The van der Waals surface area contributed by atoms with Crippen LogP contribution in [0.15, 0.2) is 55.0 Å². The van der Waals surface area contributed by atoms with Gasteiger partial charge in [-0.05, 0) is 29.8 Å². The summed E-state index contributed by atoms with van der Waals surface area (Å²) < 4.78 is 0. The minimum absolute atomic E-state index is 0.0388. The van der Waals surface area contributed by atoms with Crippen LogP contribution in [-0.2, 0) is 0 Å². The predicted molar refractivity (Wildman–Crippen MR) is 95.5 cm³/mol. The average Bonchev–Trinajstić information content (AvgIpc) is 3.11. The molecule has 3 heterocycles. The molecule has 1 aromatic carbocycles. The summed E-state index contributed by atoms with van der Waals surface area (Å²) in [4.78, 5) is 20.3. The number of carbonyl (C=O) groups excluding carboxylic acids is 1. The minimum Gasteiger partial charge on any atom is -0.396 e. The Hall–Kier alpha value is -3.74. The molecule has 0 radical (unpaired) electrons. The first kappa shape index (κ1) is 14.8. The number of carbonyl (C=O) groups is 1. The second kappa shape index (κ2) is 5.72. The van der Waals surface area contributed by atoms with Gasteiger partial charge in [0.1, 0.15) is 0 Å². The molecule has 7 heteroatoms. The van der Waals surface area contributed by atoms with E-state index in [9.17, 15) is 4.79 Å². The van der Waals surface area contributed by atoms with Gasteiger partial charge in [0.05, 0.1) is 23.1 Å². The van der Waals surface area contributed by atoms with Crippen molar-refractivity contribution in [1.29, 1.82) is 0 Å². The predicted octanol–water partition coefficient (Wildman–Crippen LogP) is 2.37. The molecule has 0 atom stereocenters. The van der Waals surface area contributed by atoms with Crippen LogP contribution in [0.2, 0.25) is 0 Å². The molecule has 7 nitrogen and oxygen atoms in total. The summed E-state index contributed by atoms with van der Waals surface area (Å²) in [6.45, 7) is 0. The number of hydrogen-bond donors (Lipinski definition) is 3. The highest BCUT2D eigenvalue weighted by molar-refractivity contribution is 6.04. The van der Waals surface area contributed by atoms with Crippen molar-refractivity contribution in [2.24, 2.45) is 5.73 Å². The number of primary amides is 1. The van der Waals surface area contributed by atoms with Crippen LogP contribution in [0.4, 0.5) is 5.69 Å². The number of aromatic amines is 1. The standard InChI is InChI=1S/C18H14N6O/c19-16-12(11-4-1-5-14-13(11)9-22-24-14)7-15(23-17(16)18(20)25)10-3-2-6-21-8-10/h1-9H,19H2,(H2,20,25)(H,22,24). The Bertz CT molecular complexity index is 1090. The fourth-order valence-corrected chi connectivity index (χ4v) is 2.83. The SMILES string of the molecule is NC(=O)c1nc(-c2cccnc2)cc(-c2cccc3[nH]ncc23)c1N. The smallest absolute Gasteiger partial charge is 0.269 e. The topological polar surface area (TPSA) is 124 Å². The molecule has 0 aliphatic carbocycles. The third kappa shape index (κ3) is 2.47. The van der Waals surface area contributed by atoms with Crippen molar-refractivity contribution in [3.8, 4) is 22.4 Å². The second-order valence-electron chi connectivity index (χ2n) is 5.56. The number of aromatic nitrogens is 4. The van der Waals surface area contributed by atoms with Crippen molar-refractivity contribution in [2.75, 3.05) is 5.73 Å². The molecule has 0 saturated carbocycles. The summed E-state index contributed by atoms with van der Waals surface area (Å²) >= 11 is 0. The van der Waals surface area contributed by atoms with Gasteiger partial charge >= 0.3 is 0 Å². The van der Waals surface area contributed by atoms with E-state index >= 15 is 0 Å². The van der Waals surface area contributed by atoms with Crippen molar-refractivity contribution in [3.63, 3.8) is 0 Å². The van der Waals surface area contributed by atoms with Crippen LogP contribution in [0.3, 0.4) is 0 Å². The van der Waals surface area contributed by atoms with Crippen LogP contribution < -0.4 is 11.5 Å². The summed E-state index contributed by atoms with van der Waals surface area (Å²) in [5, 5.41) is 7.89. The number of nitrogen functional groups attached to an aromatic ring is 1. The molecule has 4 aromatic rings. The number of nitrogens with one attached hydrogen (secondary N) is 1. The molecule has 1 amide bonds. The van der Waals surface area contributed by atoms with E-state index in [4.69, 9.17) is 11.5 Å². The minimum atomic E-state index is -0.677. The summed E-state index contributed by atoms with van der Waals surface area (Å²) in [7, 11) is 0. The largest absolute Gasteiger partial charge is 0.396 e. The average molecular weight is 330 g/mol. The van der Waals surface area contributed by atoms with E-state index < -0.39 is 5.91 Å². The Labute approximate surface area is 142 Å². The zero-order chi connectivity index (χ0) is 17.4. The van der Waals surface area contributed by atoms with E-state index in [-0.39, 0.29) is 11.4 Å². The van der Waals surface area contributed by atoms with Crippen LogP contribution in [0.1, 0.15) is 10.5 Å². The van der Waals surface area contributed by atoms with Crippen LogP contribution >= 0.6 is 0 Å². The van der Waals surface area contributed by atoms with Crippen LogP contribution in [0.25, 0.3) is 33.3 Å². The van der Waals surface area contributed by atoms with Gasteiger partial charge in [0.25, 0.3) is 5.91 Å². The molecule has 25 heavy (non-hydrogen) atoms. The number of anilines is 1. The summed E-state index contributed by atoms with van der Waals surface area (Å²) in [5.74, 6) is -0.677. The quantitative estimate of drug-likeness (QED) is 0.532. The molecule has 0 spiro atoms. The molecular weight excluding hydrogens is 316 g/mol. The molecule has 4 rings (SSSR count). The lowest BCUT2D eigenvalue weighted by Gasteiger charge is -2.12. The lowest BCUT2D eigenvalue weighted by Crippen LogP contribution is -2.16. The first-order chi connectivity index (χ1) is 12.1. The van der Waals surface area contributed by atoms with Gasteiger partial charge in [0.15, 0.2) is 5.69 Å². The lowest BCUT2D eigenvalue weighted by atomic mass is 9.98. The molecule has 0 aliphatic heterocycles. The highest BCUT2D eigenvalue weighted by atomic mass is 16.1. The maximum atomic E-state index is 11.8. The van der Waals surface area contributed by atoms with E-state index in [1.165, 1.54) is 0 Å². The van der Waals surface area contributed by atoms with Crippen LogP contribution in [0, 0.1) is 0 Å². The number of fused-ring (bicyclic) bond motifs is 1. The Morgan fingerprint density at radius 3 is 2.72 bits per heavy atom. The molecule has 122 valence electrons. The van der Waals surface area contributed by atoms with E-state index in [1.807, 2.05) is 30.3 Å². The number of nitrogens with zero attached hydrogens (tertiary/aromatic N) is 3. The van der Waals surface area contributed by atoms with Crippen molar-refractivity contribution >= 4 is 22.5 Å². The molecule has 3 aromatic heterocycles. The Morgan fingerprint density at radius 2 is 1.96 bits per heavy atom. The molecule has 0 bridgehead atoms. The monoisotopic (exact) mass is 330 g/mol. The maximum Gasteiger partial charge on any atom is 0.269 e. The first-order valence-electron chi connectivity index (χ1n) is 7.58. The zero-order valence-electron chi connectivity index (χ0n) is 13.1. The second-order valence-corrected chi connectivity index (χ2v) is 5.56. The van der Waals surface area contributed by atoms with Crippen LogP contribution in [-0.4, -0.2) is 26.1 Å². The van der Waals surface area contributed by atoms with Crippen molar-refractivity contribution < 1.29 is 4.79 Å². The highest BCUT2D eigenvalue weighted by Crippen LogP contribution is 2.35. The van der Waals surface area contributed by atoms with Gasteiger partial charge < -0.3 is 11.5 Å². The van der Waals surface area contributed by atoms with E-state index in [0.29, 0.717) is 11.3 Å². The summed E-state index contributed by atoms with van der Waals surface area (Å²) in [5.41, 5.74) is 15.7. The fourth-order valence-electron chi connectivity index (χ4n) is 2.83. The van der Waals surface area contributed by atoms with Gasteiger partial charge in [-0.1, -0.05) is 12.1 Å². The molecular formula is C18H14N6O. The Kier molecular flexibility index (Phi) is 3.39. The Balaban J connectivity index is 2.03. The van der Waals surface area contributed by atoms with Gasteiger partial charge in [0, 0.05) is 28.9 Å². The van der Waals surface area contributed by atoms with Gasteiger partial charge in [0.2, 0.25) is 0 Å². The van der Waals surface area contributed by atoms with Crippen molar-refractivity contribution in [2.45, 2.75) is 0 Å². The van der Waals surface area contributed by atoms with Crippen molar-refractivity contribution in [1.82, 2.24) is 20.2 Å². The van der Waals surface area contributed by atoms with Gasteiger partial charge in [-0.25, -0.2) is 4.98 Å². The van der Waals surface area contributed by atoms with E-state index in [1.54, 1.807) is 24.7 Å². The molecule has 5 N–H and O–H groups in total. The molecule has 0 unspecified atom stereocenters. The van der Waals surface area contributed by atoms with Gasteiger partial charge in [-0.15, -0.1) is 0 Å². The van der Waals surface area contributed by atoms with Gasteiger partial charge in [-0.3, -0.25) is 14.9 Å². The fraction of sp³-hybridized carbons (Fsp3) is 0. The van der Waals surface area contributed by atoms with E-state index in [2.05, 4.69) is 20.2 Å².